The van der Waals surface area contributed by atoms with Crippen LogP contribution in [0.5, 0.6) is 0 Å². The number of esters is 3. The van der Waals surface area contributed by atoms with Gasteiger partial charge in [0.05, 0.1) is 18.8 Å². The van der Waals surface area contributed by atoms with Crippen LogP contribution in [0.15, 0.2) is 29.2 Å². The van der Waals surface area contributed by atoms with Crippen molar-refractivity contribution in [2.75, 3.05) is 13.2 Å². The van der Waals surface area contributed by atoms with E-state index in [0.717, 1.165) is 0 Å². The molecule has 1 aromatic rings. The highest BCUT2D eigenvalue weighted by Crippen LogP contribution is 2.32. The molecule has 2 atom stereocenters. The number of ether oxygens (including phenoxy) is 3. The Kier molecular flexibility index (Phi) is 4.33. The van der Waals surface area contributed by atoms with Crippen LogP contribution < -0.4 is 0 Å². The van der Waals surface area contributed by atoms with Gasteiger partial charge in [-0.3, -0.25) is 4.79 Å². The molecule has 1 aromatic carbocycles. The van der Waals surface area contributed by atoms with Gasteiger partial charge in [-0.2, -0.15) is 0 Å². The molecule has 0 radical (unpaired) electrons. The third kappa shape index (κ3) is 3.09. The number of benzene rings is 1. The molecule has 0 aliphatic carbocycles. The second-order valence-electron chi connectivity index (χ2n) is 4.91. The van der Waals surface area contributed by atoms with Gasteiger partial charge in [-0.05, 0) is 12.1 Å². The first kappa shape index (κ1) is 14.9. The maximum absolute atomic E-state index is 12.3. The van der Waals surface area contributed by atoms with Gasteiger partial charge in [0.15, 0.2) is 0 Å². The predicted octanol–water partition coefficient (Wildman–Crippen LogP) is 1.57. The number of cyclic esters (lactones) is 2. The highest BCUT2D eigenvalue weighted by atomic mass is 32.2. The quantitative estimate of drug-likeness (QED) is 0.615. The van der Waals surface area contributed by atoms with E-state index in [9.17, 15) is 14.4 Å². The average Bonchev–Trinajstić information content (AvgIpc) is 3.09. The molecule has 22 heavy (non-hydrogen) atoms. The number of carbonyl (C=O) groups excluding carboxylic acids is 3. The standard InChI is InChI=1S/C15H14O6S/c16-13(21-10-5-7-19-14(10)17)9-3-1-2-4-11(9)22-12-6-8-20-15(12)18/h1-4,10,12H,5-8H2/t10-,12+/m0/s1. The molecule has 2 heterocycles. The minimum atomic E-state index is -0.845. The number of hydrogen-bond donors (Lipinski definition) is 0. The molecular formula is C15H14O6S. The second kappa shape index (κ2) is 6.39. The first-order valence-corrected chi connectivity index (χ1v) is 7.83. The maximum Gasteiger partial charge on any atom is 0.347 e. The molecule has 0 unspecified atom stereocenters. The molecule has 0 saturated carbocycles. The summed E-state index contributed by atoms with van der Waals surface area (Å²) >= 11 is 1.28. The first-order valence-electron chi connectivity index (χ1n) is 6.95. The van der Waals surface area contributed by atoms with Gasteiger partial charge in [-0.1, -0.05) is 12.1 Å². The number of hydrogen-bond acceptors (Lipinski definition) is 7. The molecule has 0 N–H and O–H groups in total. The van der Waals surface area contributed by atoms with Crippen molar-refractivity contribution in [1.82, 2.24) is 0 Å². The van der Waals surface area contributed by atoms with Gasteiger partial charge < -0.3 is 14.2 Å². The van der Waals surface area contributed by atoms with Crippen LogP contribution in [0, 0.1) is 0 Å². The largest absolute Gasteiger partial charge is 0.465 e. The minimum absolute atomic E-state index is 0.265. The van der Waals surface area contributed by atoms with Crippen LogP contribution in [0.4, 0.5) is 0 Å². The summed E-state index contributed by atoms with van der Waals surface area (Å²) in [5.41, 5.74) is 0.340. The Morgan fingerprint density at radius 1 is 1.09 bits per heavy atom. The molecule has 0 bridgehead atoms. The smallest absolute Gasteiger partial charge is 0.347 e. The lowest BCUT2D eigenvalue weighted by Crippen LogP contribution is -2.23. The lowest BCUT2D eigenvalue weighted by atomic mass is 10.2. The van der Waals surface area contributed by atoms with E-state index in [4.69, 9.17) is 14.2 Å². The molecule has 116 valence electrons. The summed E-state index contributed by atoms with van der Waals surface area (Å²) in [5.74, 6) is -1.37. The van der Waals surface area contributed by atoms with Crippen molar-refractivity contribution in [2.24, 2.45) is 0 Å². The van der Waals surface area contributed by atoms with Crippen molar-refractivity contribution in [3.63, 3.8) is 0 Å². The maximum atomic E-state index is 12.3. The molecule has 0 amide bonds. The topological polar surface area (TPSA) is 78.9 Å². The van der Waals surface area contributed by atoms with Gasteiger partial charge >= 0.3 is 17.9 Å². The van der Waals surface area contributed by atoms with Crippen molar-refractivity contribution in [1.29, 1.82) is 0 Å². The molecule has 0 spiro atoms. The van der Waals surface area contributed by atoms with E-state index in [1.54, 1.807) is 24.3 Å². The lowest BCUT2D eigenvalue weighted by Gasteiger charge is -2.12. The molecule has 2 aliphatic rings. The Labute approximate surface area is 131 Å². The van der Waals surface area contributed by atoms with Crippen LogP contribution >= 0.6 is 11.8 Å². The summed E-state index contributed by atoms with van der Waals surface area (Å²) in [4.78, 5) is 35.8. The van der Waals surface area contributed by atoms with E-state index in [1.807, 2.05) is 0 Å². The Morgan fingerprint density at radius 2 is 1.82 bits per heavy atom. The van der Waals surface area contributed by atoms with Gasteiger partial charge in [0.2, 0.25) is 6.10 Å². The minimum Gasteiger partial charge on any atom is -0.465 e. The summed E-state index contributed by atoms with van der Waals surface area (Å²) in [6.45, 7) is 0.665. The molecule has 2 fully saturated rings. The summed E-state index contributed by atoms with van der Waals surface area (Å²) in [5, 5.41) is -0.314. The van der Waals surface area contributed by atoms with E-state index in [2.05, 4.69) is 0 Å². The predicted molar refractivity (Wildman–Crippen MR) is 76.4 cm³/mol. The fourth-order valence-electron chi connectivity index (χ4n) is 2.25. The fraction of sp³-hybridized carbons (Fsp3) is 0.400. The Morgan fingerprint density at radius 3 is 2.50 bits per heavy atom. The van der Waals surface area contributed by atoms with Crippen molar-refractivity contribution in [3.8, 4) is 0 Å². The van der Waals surface area contributed by atoms with E-state index in [-0.39, 0.29) is 17.8 Å². The van der Waals surface area contributed by atoms with Crippen LogP contribution in [0.3, 0.4) is 0 Å². The third-order valence-corrected chi connectivity index (χ3v) is 4.72. The monoisotopic (exact) mass is 322 g/mol. The molecular weight excluding hydrogens is 308 g/mol. The number of rotatable bonds is 4. The SMILES string of the molecule is O=C(O[C@H]1CCOC1=O)c1ccccc1S[C@@H]1CCOC1=O. The van der Waals surface area contributed by atoms with Crippen LogP contribution in [0.2, 0.25) is 0 Å². The van der Waals surface area contributed by atoms with Gasteiger partial charge in [0, 0.05) is 17.7 Å². The molecule has 2 aliphatic heterocycles. The highest BCUT2D eigenvalue weighted by Gasteiger charge is 2.32. The highest BCUT2D eigenvalue weighted by molar-refractivity contribution is 8.00. The molecule has 6 nitrogen and oxygen atoms in total. The second-order valence-corrected chi connectivity index (χ2v) is 6.15. The van der Waals surface area contributed by atoms with Gasteiger partial charge in [0.1, 0.15) is 5.25 Å². The zero-order valence-electron chi connectivity index (χ0n) is 11.7. The number of carbonyl (C=O) groups is 3. The van der Waals surface area contributed by atoms with Crippen LogP contribution in [0.1, 0.15) is 23.2 Å². The van der Waals surface area contributed by atoms with Crippen molar-refractivity contribution in [2.45, 2.75) is 29.1 Å². The zero-order valence-corrected chi connectivity index (χ0v) is 12.5. The lowest BCUT2D eigenvalue weighted by molar-refractivity contribution is -0.145. The van der Waals surface area contributed by atoms with Gasteiger partial charge in [-0.25, -0.2) is 9.59 Å². The fourth-order valence-corrected chi connectivity index (χ4v) is 3.37. The van der Waals surface area contributed by atoms with Crippen molar-refractivity contribution >= 4 is 29.7 Å². The van der Waals surface area contributed by atoms with Crippen molar-refractivity contribution < 1.29 is 28.6 Å². The first-order chi connectivity index (χ1) is 10.6. The molecule has 7 heteroatoms. The van der Waals surface area contributed by atoms with E-state index >= 15 is 0 Å². The summed E-state index contributed by atoms with van der Waals surface area (Å²) in [6.07, 6.45) is 0.137. The third-order valence-electron chi connectivity index (χ3n) is 3.40. The molecule has 2 saturated heterocycles. The Hall–Kier alpha value is -2.02. The van der Waals surface area contributed by atoms with E-state index < -0.39 is 18.0 Å². The zero-order chi connectivity index (χ0) is 15.5. The molecule has 3 rings (SSSR count). The summed E-state index contributed by atoms with van der Waals surface area (Å²) < 4.78 is 14.9. The Bertz CT molecular complexity index is 614. The van der Waals surface area contributed by atoms with E-state index in [0.29, 0.717) is 29.9 Å². The van der Waals surface area contributed by atoms with E-state index in [1.165, 1.54) is 11.8 Å². The van der Waals surface area contributed by atoms with Gasteiger partial charge in [-0.15, -0.1) is 11.8 Å². The van der Waals surface area contributed by atoms with Crippen LogP contribution in [-0.4, -0.2) is 42.5 Å². The van der Waals surface area contributed by atoms with Crippen LogP contribution in [0.25, 0.3) is 0 Å². The summed E-state index contributed by atoms with van der Waals surface area (Å²) in [6, 6.07) is 6.86. The normalized spacial score (nSPS) is 24.0. The van der Waals surface area contributed by atoms with Crippen LogP contribution in [-0.2, 0) is 23.8 Å². The average molecular weight is 322 g/mol. The summed E-state index contributed by atoms with van der Waals surface area (Å²) in [7, 11) is 0. The van der Waals surface area contributed by atoms with Gasteiger partial charge in [0.25, 0.3) is 0 Å². The number of thioether (sulfide) groups is 1. The Balaban J connectivity index is 1.74. The van der Waals surface area contributed by atoms with Crippen molar-refractivity contribution in [3.05, 3.63) is 29.8 Å². The molecule has 0 aromatic heterocycles.